The summed E-state index contributed by atoms with van der Waals surface area (Å²) < 4.78 is 63.0. The molecule has 0 heterocycles. The van der Waals surface area contributed by atoms with E-state index >= 15 is 0 Å². The van der Waals surface area contributed by atoms with Gasteiger partial charge in [-0.25, -0.2) is 22.0 Å². The van der Waals surface area contributed by atoms with E-state index in [0.29, 0.717) is 0 Å². The third-order valence-electron chi connectivity index (χ3n) is 1.55. The van der Waals surface area contributed by atoms with Gasteiger partial charge < -0.3 is 0 Å². The summed E-state index contributed by atoms with van der Waals surface area (Å²) in [7, 11) is 0. The molecule has 75 valence electrons. The molecule has 0 fully saturated rings. The maximum absolute atomic E-state index is 12.8. The summed E-state index contributed by atoms with van der Waals surface area (Å²) in [6.07, 6.45) is -0.610. The third-order valence-corrected chi connectivity index (χ3v) is 1.69. The molecule has 1 radical (unpaired) electrons. The molecular formula is C8H2F5S. The van der Waals surface area contributed by atoms with Crippen LogP contribution in [0.3, 0.4) is 0 Å². The van der Waals surface area contributed by atoms with Gasteiger partial charge in [-0.05, 0) is 0 Å². The molecule has 1 aromatic rings. The molecule has 6 heteroatoms. The van der Waals surface area contributed by atoms with Crippen molar-refractivity contribution in [2.24, 2.45) is 0 Å². The molecule has 0 aliphatic heterocycles. The molecule has 1 aromatic carbocycles. The summed E-state index contributed by atoms with van der Waals surface area (Å²) in [5, 5.41) is 1.89. The molecule has 0 amide bonds. The normalized spacial score (nSPS) is 10.4. The van der Waals surface area contributed by atoms with E-state index in [0.717, 1.165) is 0 Å². The number of thiocarbonyl (C=S) groups is 1. The standard InChI is InChI=1S/C8H2F5S/c9-4-3(1-2-14)5(10)7(12)8(13)6(4)11/h1H2. The van der Waals surface area contributed by atoms with E-state index in [1.807, 2.05) is 5.37 Å². The van der Waals surface area contributed by atoms with Gasteiger partial charge in [0.2, 0.25) is 5.82 Å². The number of rotatable bonds is 2. The summed E-state index contributed by atoms with van der Waals surface area (Å²) >= 11 is 4.15. The molecule has 0 aliphatic carbocycles. The molecule has 0 bridgehead atoms. The SMILES string of the molecule is Fc1c(F)c(F)c(C[C]=S)c(F)c1F. The van der Waals surface area contributed by atoms with Gasteiger partial charge in [-0.3, -0.25) is 0 Å². The molecule has 0 unspecified atom stereocenters. The largest absolute Gasteiger partial charge is 0.203 e. The predicted molar refractivity (Wildman–Crippen MR) is 42.5 cm³/mol. The first kappa shape index (κ1) is 11.0. The Bertz CT molecular complexity index is 359. The van der Waals surface area contributed by atoms with E-state index in [-0.39, 0.29) is 0 Å². The predicted octanol–water partition coefficient (Wildman–Crippen LogP) is 2.80. The highest BCUT2D eigenvalue weighted by molar-refractivity contribution is 7.78. The van der Waals surface area contributed by atoms with Gasteiger partial charge >= 0.3 is 0 Å². The minimum Gasteiger partial charge on any atom is -0.203 e. The lowest BCUT2D eigenvalue weighted by molar-refractivity contribution is 0.372. The monoisotopic (exact) mass is 225 g/mol. The van der Waals surface area contributed by atoms with Crippen molar-refractivity contribution in [3.05, 3.63) is 34.6 Å². The van der Waals surface area contributed by atoms with Crippen LogP contribution < -0.4 is 0 Å². The van der Waals surface area contributed by atoms with Gasteiger partial charge in [-0.2, -0.15) is 0 Å². The minimum atomic E-state index is -2.17. The van der Waals surface area contributed by atoms with Crippen LogP contribution in [0.5, 0.6) is 0 Å². The molecule has 0 nitrogen and oxygen atoms in total. The van der Waals surface area contributed by atoms with Gasteiger partial charge in [0, 0.05) is 17.4 Å². The van der Waals surface area contributed by atoms with Crippen molar-refractivity contribution >= 4 is 17.6 Å². The fourth-order valence-electron chi connectivity index (χ4n) is 0.878. The first-order valence-corrected chi connectivity index (χ1v) is 3.76. The average molecular weight is 225 g/mol. The average Bonchev–Trinajstić information content (AvgIpc) is 2.19. The van der Waals surface area contributed by atoms with Crippen molar-refractivity contribution in [2.45, 2.75) is 6.42 Å². The molecular weight excluding hydrogens is 223 g/mol. The van der Waals surface area contributed by atoms with Gasteiger partial charge in [-0.15, -0.1) is 0 Å². The van der Waals surface area contributed by atoms with Crippen LogP contribution in [-0.4, -0.2) is 5.37 Å². The second-order valence-electron chi connectivity index (χ2n) is 2.37. The Labute approximate surface area is 81.3 Å². The lowest BCUT2D eigenvalue weighted by atomic mass is 10.1. The molecule has 0 atom stereocenters. The Balaban J connectivity index is 3.50. The number of hydrogen-bond donors (Lipinski definition) is 0. The maximum atomic E-state index is 12.8. The molecule has 0 saturated carbocycles. The highest BCUT2D eigenvalue weighted by Gasteiger charge is 2.24. The Morgan fingerprint density at radius 2 is 1.14 bits per heavy atom. The third kappa shape index (κ3) is 1.61. The molecule has 1 rings (SSSR count). The Morgan fingerprint density at radius 1 is 0.786 bits per heavy atom. The van der Waals surface area contributed by atoms with E-state index in [9.17, 15) is 22.0 Å². The van der Waals surface area contributed by atoms with E-state index in [4.69, 9.17) is 0 Å². The molecule has 0 spiro atoms. The first-order chi connectivity index (χ1) is 6.50. The van der Waals surface area contributed by atoms with Crippen molar-refractivity contribution in [2.75, 3.05) is 0 Å². The number of halogens is 5. The summed E-state index contributed by atoms with van der Waals surface area (Å²) in [6.45, 7) is 0. The first-order valence-electron chi connectivity index (χ1n) is 3.36. The van der Waals surface area contributed by atoms with Crippen LogP contribution in [0.15, 0.2) is 0 Å². The van der Waals surface area contributed by atoms with Crippen molar-refractivity contribution in [1.82, 2.24) is 0 Å². The quantitative estimate of drug-likeness (QED) is 0.323. The second-order valence-corrected chi connectivity index (χ2v) is 2.66. The zero-order valence-corrected chi connectivity index (χ0v) is 7.32. The van der Waals surface area contributed by atoms with Crippen molar-refractivity contribution < 1.29 is 22.0 Å². The summed E-state index contributed by atoms with van der Waals surface area (Å²) in [4.78, 5) is 0. The van der Waals surface area contributed by atoms with Crippen LogP contribution in [0.4, 0.5) is 22.0 Å². The van der Waals surface area contributed by atoms with Gasteiger partial charge in [0.25, 0.3) is 0 Å². The van der Waals surface area contributed by atoms with Gasteiger partial charge in [0.15, 0.2) is 23.3 Å². The Kier molecular flexibility index (Phi) is 3.15. The van der Waals surface area contributed by atoms with Gasteiger partial charge in [0.05, 0.1) is 0 Å². The molecule has 0 aliphatic rings. The number of benzene rings is 1. The highest BCUT2D eigenvalue weighted by Crippen LogP contribution is 2.22. The van der Waals surface area contributed by atoms with E-state index in [1.165, 1.54) is 0 Å². The maximum Gasteiger partial charge on any atom is 0.200 e. The molecule has 14 heavy (non-hydrogen) atoms. The van der Waals surface area contributed by atoms with Crippen molar-refractivity contribution in [3.63, 3.8) is 0 Å². The van der Waals surface area contributed by atoms with E-state index < -0.39 is 41.1 Å². The van der Waals surface area contributed by atoms with Gasteiger partial charge in [-0.1, -0.05) is 12.2 Å². The van der Waals surface area contributed by atoms with Crippen LogP contribution in [-0.2, 0) is 6.42 Å². The fraction of sp³-hybridized carbons (Fsp3) is 0.125. The lowest BCUT2D eigenvalue weighted by Gasteiger charge is -2.04. The van der Waals surface area contributed by atoms with Crippen LogP contribution in [0.25, 0.3) is 0 Å². The minimum absolute atomic E-state index is 0.610. The summed E-state index contributed by atoms with van der Waals surface area (Å²) in [5.74, 6) is -9.83. The topological polar surface area (TPSA) is 0 Å². The van der Waals surface area contributed by atoms with Crippen molar-refractivity contribution in [1.29, 1.82) is 0 Å². The molecule has 0 N–H and O–H groups in total. The lowest BCUT2D eigenvalue weighted by Crippen LogP contribution is -2.07. The number of hydrogen-bond acceptors (Lipinski definition) is 1. The van der Waals surface area contributed by atoms with Crippen LogP contribution in [0.1, 0.15) is 5.56 Å². The van der Waals surface area contributed by atoms with Gasteiger partial charge in [0.1, 0.15) is 0 Å². The smallest absolute Gasteiger partial charge is 0.200 e. The zero-order valence-electron chi connectivity index (χ0n) is 6.51. The highest BCUT2D eigenvalue weighted by atomic mass is 32.1. The van der Waals surface area contributed by atoms with Crippen LogP contribution in [0.2, 0.25) is 0 Å². The second kappa shape index (κ2) is 4.00. The Hall–Kier alpha value is -1.04. The van der Waals surface area contributed by atoms with Crippen molar-refractivity contribution in [3.8, 4) is 0 Å². The molecule has 0 saturated heterocycles. The summed E-state index contributed by atoms with van der Waals surface area (Å²) in [5.41, 5.74) is -0.962. The van der Waals surface area contributed by atoms with Crippen LogP contribution >= 0.6 is 12.2 Å². The Morgan fingerprint density at radius 3 is 1.50 bits per heavy atom. The van der Waals surface area contributed by atoms with E-state index in [1.54, 1.807) is 0 Å². The fourth-order valence-corrected chi connectivity index (χ4v) is 1.02. The summed E-state index contributed by atoms with van der Waals surface area (Å²) in [6, 6.07) is 0. The van der Waals surface area contributed by atoms with Crippen LogP contribution in [0, 0.1) is 29.1 Å². The zero-order chi connectivity index (χ0) is 10.9. The molecule has 0 aromatic heterocycles. The van der Waals surface area contributed by atoms with E-state index in [2.05, 4.69) is 12.2 Å².